The molecule has 0 saturated heterocycles. The van der Waals surface area contributed by atoms with Gasteiger partial charge in [0.15, 0.2) is 0 Å². The molecular weight excluding hydrogens is 246 g/mol. The van der Waals surface area contributed by atoms with Crippen molar-refractivity contribution in [3.05, 3.63) is 54.1 Å². The average molecular weight is 265 g/mol. The van der Waals surface area contributed by atoms with Crippen LogP contribution in [0.25, 0.3) is 22.2 Å². The summed E-state index contributed by atoms with van der Waals surface area (Å²) < 4.78 is 2.36. The van der Waals surface area contributed by atoms with E-state index in [1.165, 1.54) is 22.3 Å². The van der Waals surface area contributed by atoms with Crippen LogP contribution in [0.1, 0.15) is 18.9 Å². The third kappa shape index (κ3) is 1.97. The van der Waals surface area contributed by atoms with E-state index in [2.05, 4.69) is 42.7 Å². The molecule has 0 unspecified atom stereocenters. The SMILES string of the molecule is CCCn1c(-c2ccccc2)c(C)c2cc(O)ccc21. The first-order valence-corrected chi connectivity index (χ1v) is 7.09. The Balaban J connectivity index is 2.35. The van der Waals surface area contributed by atoms with Crippen molar-refractivity contribution in [2.24, 2.45) is 0 Å². The van der Waals surface area contributed by atoms with Gasteiger partial charge in [0, 0.05) is 17.4 Å². The van der Waals surface area contributed by atoms with Crippen LogP contribution in [0.15, 0.2) is 48.5 Å². The highest BCUT2D eigenvalue weighted by atomic mass is 16.3. The van der Waals surface area contributed by atoms with Crippen LogP contribution in [-0.4, -0.2) is 9.67 Å². The summed E-state index contributed by atoms with van der Waals surface area (Å²) in [5.74, 6) is 0.328. The second kappa shape index (κ2) is 5.04. The van der Waals surface area contributed by atoms with Gasteiger partial charge in [-0.2, -0.15) is 0 Å². The van der Waals surface area contributed by atoms with E-state index in [1.807, 2.05) is 18.2 Å². The zero-order valence-electron chi connectivity index (χ0n) is 11.9. The predicted molar refractivity (Wildman–Crippen MR) is 84.1 cm³/mol. The molecule has 0 bridgehead atoms. The van der Waals surface area contributed by atoms with E-state index in [9.17, 15) is 5.11 Å². The molecule has 2 heteroatoms. The van der Waals surface area contributed by atoms with Gasteiger partial charge in [-0.05, 0) is 42.7 Å². The second-order valence-corrected chi connectivity index (χ2v) is 5.19. The minimum atomic E-state index is 0.328. The molecule has 0 spiro atoms. The Morgan fingerprint density at radius 3 is 2.50 bits per heavy atom. The van der Waals surface area contributed by atoms with Crippen LogP contribution in [0.4, 0.5) is 0 Å². The van der Waals surface area contributed by atoms with Crippen molar-refractivity contribution in [3.63, 3.8) is 0 Å². The number of fused-ring (bicyclic) bond motifs is 1. The molecule has 1 N–H and O–H groups in total. The number of rotatable bonds is 3. The Bertz CT molecular complexity index is 741. The molecule has 2 nitrogen and oxygen atoms in total. The Morgan fingerprint density at radius 1 is 1.05 bits per heavy atom. The predicted octanol–water partition coefficient (Wildman–Crippen LogP) is 4.73. The van der Waals surface area contributed by atoms with Crippen LogP contribution in [0.5, 0.6) is 5.75 Å². The number of aromatic hydroxyl groups is 1. The number of aromatic nitrogens is 1. The summed E-state index contributed by atoms with van der Waals surface area (Å²) in [5.41, 5.74) is 4.92. The van der Waals surface area contributed by atoms with E-state index in [4.69, 9.17) is 0 Å². The van der Waals surface area contributed by atoms with Crippen molar-refractivity contribution in [2.45, 2.75) is 26.8 Å². The highest BCUT2D eigenvalue weighted by Crippen LogP contribution is 2.35. The summed E-state index contributed by atoms with van der Waals surface area (Å²) in [5, 5.41) is 10.9. The van der Waals surface area contributed by atoms with Crippen LogP contribution in [0.3, 0.4) is 0 Å². The molecule has 0 radical (unpaired) electrons. The second-order valence-electron chi connectivity index (χ2n) is 5.19. The van der Waals surface area contributed by atoms with Crippen LogP contribution < -0.4 is 0 Å². The van der Waals surface area contributed by atoms with Crippen molar-refractivity contribution < 1.29 is 5.11 Å². The first-order chi connectivity index (χ1) is 9.72. The molecule has 20 heavy (non-hydrogen) atoms. The van der Waals surface area contributed by atoms with Gasteiger partial charge in [-0.25, -0.2) is 0 Å². The molecule has 102 valence electrons. The molecule has 2 aromatic carbocycles. The standard InChI is InChI=1S/C18H19NO/c1-3-11-19-17-10-9-15(20)12-16(17)13(2)18(19)14-7-5-4-6-8-14/h4-10,12,20H,3,11H2,1-2H3. The molecule has 1 heterocycles. The molecule has 0 fully saturated rings. The molecule has 0 aliphatic rings. The van der Waals surface area contributed by atoms with Crippen molar-refractivity contribution in [2.75, 3.05) is 0 Å². The maximum atomic E-state index is 9.75. The van der Waals surface area contributed by atoms with Gasteiger partial charge in [0.2, 0.25) is 0 Å². The minimum Gasteiger partial charge on any atom is -0.508 e. The Hall–Kier alpha value is -2.22. The van der Waals surface area contributed by atoms with Crippen LogP contribution in [-0.2, 0) is 6.54 Å². The Morgan fingerprint density at radius 2 is 1.80 bits per heavy atom. The van der Waals surface area contributed by atoms with Gasteiger partial charge in [-0.1, -0.05) is 37.3 Å². The monoisotopic (exact) mass is 265 g/mol. The lowest BCUT2D eigenvalue weighted by atomic mass is 10.1. The smallest absolute Gasteiger partial charge is 0.116 e. The number of benzene rings is 2. The van der Waals surface area contributed by atoms with Crippen LogP contribution >= 0.6 is 0 Å². The summed E-state index contributed by atoms with van der Waals surface area (Å²) >= 11 is 0. The fraction of sp³-hybridized carbons (Fsp3) is 0.222. The quantitative estimate of drug-likeness (QED) is 0.727. The molecule has 3 rings (SSSR count). The molecule has 0 saturated carbocycles. The Kier molecular flexibility index (Phi) is 3.23. The molecule has 1 aromatic heterocycles. The van der Waals surface area contributed by atoms with E-state index in [0.29, 0.717) is 5.75 Å². The molecule has 3 aromatic rings. The lowest BCUT2D eigenvalue weighted by molar-refractivity contribution is 0.476. The lowest BCUT2D eigenvalue weighted by Crippen LogP contribution is -1.99. The summed E-state index contributed by atoms with van der Waals surface area (Å²) in [6.45, 7) is 5.31. The molecule has 0 aliphatic heterocycles. The van der Waals surface area contributed by atoms with Gasteiger partial charge in [-0.15, -0.1) is 0 Å². The third-order valence-corrected chi connectivity index (χ3v) is 3.79. The van der Waals surface area contributed by atoms with Crippen LogP contribution in [0.2, 0.25) is 0 Å². The minimum absolute atomic E-state index is 0.328. The topological polar surface area (TPSA) is 25.2 Å². The van der Waals surface area contributed by atoms with Gasteiger partial charge in [-0.3, -0.25) is 0 Å². The van der Waals surface area contributed by atoms with E-state index in [0.717, 1.165) is 18.4 Å². The molecular formula is C18H19NO. The number of nitrogens with zero attached hydrogens (tertiary/aromatic N) is 1. The zero-order valence-corrected chi connectivity index (χ0v) is 11.9. The Labute approximate surface area is 119 Å². The van der Waals surface area contributed by atoms with Gasteiger partial charge in [0.05, 0.1) is 5.69 Å². The van der Waals surface area contributed by atoms with Gasteiger partial charge < -0.3 is 9.67 Å². The highest BCUT2D eigenvalue weighted by Gasteiger charge is 2.15. The number of hydrogen-bond acceptors (Lipinski definition) is 1. The maximum Gasteiger partial charge on any atom is 0.116 e. The number of hydrogen-bond donors (Lipinski definition) is 1. The maximum absolute atomic E-state index is 9.75. The first kappa shape index (κ1) is 12.8. The first-order valence-electron chi connectivity index (χ1n) is 7.09. The molecule has 0 aliphatic carbocycles. The number of phenolic OH excluding ortho intramolecular Hbond substituents is 1. The van der Waals surface area contributed by atoms with Crippen molar-refractivity contribution in [3.8, 4) is 17.0 Å². The van der Waals surface area contributed by atoms with Gasteiger partial charge in [0.25, 0.3) is 0 Å². The van der Waals surface area contributed by atoms with E-state index < -0.39 is 0 Å². The number of phenols is 1. The molecule has 0 amide bonds. The summed E-state index contributed by atoms with van der Waals surface area (Å²) in [6.07, 6.45) is 1.09. The third-order valence-electron chi connectivity index (χ3n) is 3.79. The van der Waals surface area contributed by atoms with Crippen molar-refractivity contribution in [1.29, 1.82) is 0 Å². The largest absolute Gasteiger partial charge is 0.508 e. The van der Waals surface area contributed by atoms with Crippen LogP contribution in [0, 0.1) is 6.92 Å². The summed E-state index contributed by atoms with van der Waals surface area (Å²) in [7, 11) is 0. The van der Waals surface area contributed by atoms with Crippen molar-refractivity contribution in [1.82, 2.24) is 4.57 Å². The van der Waals surface area contributed by atoms with E-state index in [-0.39, 0.29) is 0 Å². The fourth-order valence-electron chi connectivity index (χ4n) is 2.93. The van der Waals surface area contributed by atoms with E-state index in [1.54, 1.807) is 6.07 Å². The lowest BCUT2D eigenvalue weighted by Gasteiger charge is -2.10. The van der Waals surface area contributed by atoms with E-state index >= 15 is 0 Å². The summed E-state index contributed by atoms with van der Waals surface area (Å²) in [4.78, 5) is 0. The normalized spacial score (nSPS) is 11.1. The summed E-state index contributed by atoms with van der Waals surface area (Å²) in [6, 6.07) is 16.1. The zero-order chi connectivity index (χ0) is 14.1. The highest BCUT2D eigenvalue weighted by molar-refractivity contribution is 5.92. The van der Waals surface area contributed by atoms with Gasteiger partial charge >= 0.3 is 0 Å². The average Bonchev–Trinajstić information content (AvgIpc) is 2.73. The molecule has 0 atom stereocenters. The fourth-order valence-corrected chi connectivity index (χ4v) is 2.93. The van der Waals surface area contributed by atoms with Crippen molar-refractivity contribution >= 4 is 10.9 Å². The van der Waals surface area contributed by atoms with Gasteiger partial charge in [0.1, 0.15) is 5.75 Å². The number of aryl methyl sites for hydroxylation is 2.